The minimum absolute atomic E-state index is 0.000188. The van der Waals surface area contributed by atoms with E-state index < -0.39 is 17.8 Å². The molecular weight excluding hydrogens is 619 g/mol. The van der Waals surface area contributed by atoms with Gasteiger partial charge in [0.15, 0.2) is 17.2 Å². The Labute approximate surface area is 268 Å². The maximum Gasteiger partial charge on any atom is 0.319 e. The molecule has 2 unspecified atom stereocenters. The number of nitriles is 1. The molecule has 2 aromatic carbocycles. The second-order valence-corrected chi connectivity index (χ2v) is 13.7. The van der Waals surface area contributed by atoms with Crippen LogP contribution in [0, 0.1) is 28.4 Å². The standard InChI is InChI=1S/C33H33ClF3N7O2/c34-23-10-21-28(27(37)26(23)20-4-5-24(36)29-25(20)22(11-38)30(39)46-29)41-32(42-31(21)44-13-18-2-3-19(14-44)40-18)45-16-33(7-1-8-33)15-43-9-6-17(35)12-43/h4-5,10,17-19,40H,1-3,6-9,12-16,39H2/t17-,18?,19?/m1/s1. The summed E-state index contributed by atoms with van der Waals surface area (Å²) in [6, 6.07) is 6.67. The van der Waals surface area contributed by atoms with Gasteiger partial charge in [0.2, 0.25) is 5.88 Å². The lowest BCUT2D eigenvalue weighted by atomic mass is 9.69. The normalized spacial score (nSPS) is 24.1. The highest BCUT2D eigenvalue weighted by molar-refractivity contribution is 6.35. The number of nitrogens with one attached hydrogen (secondary N) is 1. The lowest BCUT2D eigenvalue weighted by Gasteiger charge is -2.43. The summed E-state index contributed by atoms with van der Waals surface area (Å²) >= 11 is 6.82. The number of aromatic nitrogens is 2. The number of anilines is 2. The molecule has 0 amide bonds. The summed E-state index contributed by atoms with van der Waals surface area (Å²) < 4.78 is 57.2. The van der Waals surface area contributed by atoms with Crippen LogP contribution in [0.4, 0.5) is 24.9 Å². The van der Waals surface area contributed by atoms with Crippen molar-refractivity contribution in [1.29, 1.82) is 5.26 Å². The molecule has 1 saturated carbocycles. The number of halogens is 4. The zero-order chi connectivity index (χ0) is 31.7. The van der Waals surface area contributed by atoms with Crippen LogP contribution >= 0.6 is 11.6 Å². The third-order valence-corrected chi connectivity index (χ3v) is 10.6. The largest absolute Gasteiger partial charge is 0.463 e. The van der Waals surface area contributed by atoms with Crippen LogP contribution in [-0.2, 0) is 0 Å². The van der Waals surface area contributed by atoms with Crippen LogP contribution in [-0.4, -0.2) is 72.5 Å². The first kappa shape index (κ1) is 29.6. The molecule has 3 N–H and O–H groups in total. The fourth-order valence-corrected chi connectivity index (χ4v) is 8.13. The lowest BCUT2D eigenvalue weighted by Crippen LogP contribution is -2.51. The molecule has 9 nitrogen and oxygen atoms in total. The van der Waals surface area contributed by atoms with Gasteiger partial charge in [0.25, 0.3) is 0 Å². The van der Waals surface area contributed by atoms with Crippen LogP contribution in [0.2, 0.25) is 5.02 Å². The summed E-state index contributed by atoms with van der Waals surface area (Å²) in [4.78, 5) is 13.7. The average molecular weight is 652 g/mol. The first-order valence-corrected chi connectivity index (χ1v) is 16.2. The van der Waals surface area contributed by atoms with Crippen LogP contribution in [0.5, 0.6) is 6.01 Å². The maximum atomic E-state index is 16.9. The molecule has 4 fully saturated rings. The number of piperazine rings is 1. The van der Waals surface area contributed by atoms with Crippen molar-refractivity contribution in [3.05, 3.63) is 40.4 Å². The van der Waals surface area contributed by atoms with Crippen molar-refractivity contribution in [2.75, 3.05) is 50.0 Å². The third-order valence-electron chi connectivity index (χ3n) is 10.3. The zero-order valence-electron chi connectivity index (χ0n) is 25.1. The van der Waals surface area contributed by atoms with E-state index >= 15 is 4.39 Å². The number of nitrogen functional groups attached to an aromatic ring is 1. The molecule has 46 heavy (non-hydrogen) atoms. The number of furan rings is 1. The fraction of sp³-hybridized carbons (Fsp3) is 0.485. The Kier molecular flexibility index (Phi) is 7.19. The number of nitrogens with zero attached hydrogens (tertiary/aromatic N) is 5. The highest BCUT2D eigenvalue weighted by Crippen LogP contribution is 2.45. The minimum atomic E-state index is -0.798. The van der Waals surface area contributed by atoms with Crippen molar-refractivity contribution in [3.63, 3.8) is 0 Å². The Morgan fingerprint density at radius 2 is 1.93 bits per heavy atom. The Hall–Kier alpha value is -3.79. The van der Waals surface area contributed by atoms with E-state index in [1.54, 1.807) is 6.07 Å². The van der Waals surface area contributed by atoms with E-state index in [2.05, 4.69) is 20.1 Å². The fourth-order valence-electron chi connectivity index (χ4n) is 7.84. The van der Waals surface area contributed by atoms with Gasteiger partial charge in [0, 0.05) is 61.2 Å². The molecule has 8 rings (SSSR count). The van der Waals surface area contributed by atoms with Gasteiger partial charge in [-0.1, -0.05) is 24.1 Å². The molecular formula is C33H33ClF3N7O2. The van der Waals surface area contributed by atoms with E-state index in [1.807, 2.05) is 6.07 Å². The van der Waals surface area contributed by atoms with Gasteiger partial charge in [-0.15, -0.1) is 0 Å². The Balaban J connectivity index is 1.24. The minimum Gasteiger partial charge on any atom is -0.463 e. The van der Waals surface area contributed by atoms with E-state index in [0.29, 0.717) is 43.9 Å². The second-order valence-electron chi connectivity index (χ2n) is 13.3. The lowest BCUT2D eigenvalue weighted by molar-refractivity contribution is 0.0196. The monoisotopic (exact) mass is 651 g/mol. The van der Waals surface area contributed by atoms with Crippen LogP contribution in [0.1, 0.15) is 44.1 Å². The number of benzene rings is 2. The van der Waals surface area contributed by atoms with Gasteiger partial charge < -0.3 is 25.1 Å². The number of ether oxygens (including phenoxy) is 1. The maximum absolute atomic E-state index is 16.9. The first-order valence-electron chi connectivity index (χ1n) is 15.8. The van der Waals surface area contributed by atoms with Crippen molar-refractivity contribution in [2.45, 2.75) is 56.8 Å². The van der Waals surface area contributed by atoms with Crippen molar-refractivity contribution in [1.82, 2.24) is 20.2 Å². The Morgan fingerprint density at radius 3 is 2.61 bits per heavy atom. The van der Waals surface area contributed by atoms with Crippen molar-refractivity contribution >= 4 is 45.2 Å². The highest BCUT2D eigenvalue weighted by atomic mass is 35.5. The molecule has 4 aliphatic rings. The van der Waals surface area contributed by atoms with Gasteiger partial charge in [-0.25, -0.2) is 13.2 Å². The number of alkyl halides is 1. The Morgan fingerprint density at radius 1 is 1.15 bits per heavy atom. The summed E-state index contributed by atoms with van der Waals surface area (Å²) in [5, 5.41) is 13.9. The van der Waals surface area contributed by atoms with Crippen molar-refractivity contribution in [2.24, 2.45) is 5.41 Å². The van der Waals surface area contributed by atoms with Gasteiger partial charge in [-0.2, -0.15) is 15.2 Å². The molecule has 0 spiro atoms. The molecule has 3 aliphatic heterocycles. The molecule has 2 bridgehead atoms. The summed E-state index contributed by atoms with van der Waals surface area (Å²) in [6.45, 7) is 3.60. The van der Waals surface area contributed by atoms with Gasteiger partial charge in [0.1, 0.15) is 29.1 Å². The molecule has 2 aromatic heterocycles. The van der Waals surface area contributed by atoms with Crippen LogP contribution in [0.25, 0.3) is 33.0 Å². The zero-order valence-corrected chi connectivity index (χ0v) is 25.8. The van der Waals surface area contributed by atoms with Crippen molar-refractivity contribution in [3.8, 4) is 23.2 Å². The second kappa shape index (κ2) is 11.2. The van der Waals surface area contributed by atoms with E-state index in [9.17, 15) is 14.0 Å². The summed E-state index contributed by atoms with van der Waals surface area (Å²) in [5.41, 5.74) is 5.48. The molecule has 240 valence electrons. The summed E-state index contributed by atoms with van der Waals surface area (Å²) in [7, 11) is 0. The molecule has 1 aliphatic carbocycles. The number of hydrogen-bond donors (Lipinski definition) is 2. The first-order chi connectivity index (χ1) is 22.2. The van der Waals surface area contributed by atoms with E-state index in [4.69, 9.17) is 31.5 Å². The predicted octanol–water partition coefficient (Wildman–Crippen LogP) is 5.96. The smallest absolute Gasteiger partial charge is 0.319 e. The van der Waals surface area contributed by atoms with Gasteiger partial charge in [-0.3, -0.25) is 4.90 Å². The SMILES string of the molecule is N#Cc1c(N)oc2c(F)ccc(-c3c(Cl)cc4c(N5CC6CCC(C5)N6)nc(OCC5(CN6CC[C@@H](F)C6)CCC5)nc4c3F)c12. The topological polar surface area (TPSA) is 116 Å². The number of rotatable bonds is 7. The molecule has 5 heterocycles. The Bertz CT molecular complexity index is 1900. The van der Waals surface area contributed by atoms with E-state index in [-0.39, 0.29) is 67.6 Å². The molecule has 3 atom stereocenters. The highest BCUT2D eigenvalue weighted by Gasteiger charge is 2.41. The van der Waals surface area contributed by atoms with Gasteiger partial charge in [-0.05, 0) is 49.8 Å². The molecule has 3 saturated heterocycles. The van der Waals surface area contributed by atoms with Gasteiger partial charge >= 0.3 is 6.01 Å². The third kappa shape index (κ3) is 4.91. The van der Waals surface area contributed by atoms with E-state index in [1.165, 1.54) is 6.07 Å². The number of likely N-dealkylation sites (tertiary alicyclic amines) is 1. The van der Waals surface area contributed by atoms with Gasteiger partial charge in [0.05, 0.1) is 17.0 Å². The number of nitrogens with two attached hydrogens (primary N) is 1. The summed E-state index contributed by atoms with van der Waals surface area (Å²) in [5.74, 6) is -1.23. The van der Waals surface area contributed by atoms with Crippen molar-refractivity contribution < 1.29 is 22.3 Å². The molecule has 13 heteroatoms. The summed E-state index contributed by atoms with van der Waals surface area (Å²) in [6.07, 6.45) is 4.80. The molecule has 4 aromatic rings. The molecule has 0 radical (unpaired) electrons. The predicted molar refractivity (Wildman–Crippen MR) is 169 cm³/mol. The average Bonchev–Trinajstić information content (AvgIpc) is 3.70. The van der Waals surface area contributed by atoms with Crippen LogP contribution in [0.15, 0.2) is 22.6 Å². The van der Waals surface area contributed by atoms with E-state index in [0.717, 1.165) is 51.3 Å². The number of fused-ring (bicyclic) bond motifs is 4. The van der Waals surface area contributed by atoms with Crippen LogP contribution in [0.3, 0.4) is 0 Å². The number of hydrogen-bond acceptors (Lipinski definition) is 9. The van der Waals surface area contributed by atoms with Crippen LogP contribution < -0.4 is 20.7 Å². The quantitative estimate of drug-likeness (QED) is 0.250.